The zero-order valence-electron chi connectivity index (χ0n) is 12.8. The maximum Gasteiger partial charge on any atom is 0.151 e. The Balaban J connectivity index is 2.51. The van der Waals surface area contributed by atoms with Gasteiger partial charge in [0.25, 0.3) is 0 Å². The van der Waals surface area contributed by atoms with Crippen LogP contribution in [-0.4, -0.2) is 42.4 Å². The van der Waals surface area contributed by atoms with Crippen molar-refractivity contribution >= 4 is 0 Å². The van der Waals surface area contributed by atoms with E-state index in [1.807, 2.05) is 6.07 Å². The molecule has 1 atom stereocenters. The zero-order chi connectivity index (χ0) is 14.3. The predicted molar refractivity (Wildman–Crippen MR) is 75.9 cm³/mol. The average molecular weight is 269 g/mol. The maximum absolute atomic E-state index is 5.39. The van der Waals surface area contributed by atoms with Crippen molar-refractivity contribution in [2.24, 2.45) is 0 Å². The van der Waals surface area contributed by atoms with Crippen LogP contribution in [0, 0.1) is 0 Å². The topological polar surface area (TPSA) is 50.5 Å². The van der Waals surface area contributed by atoms with Gasteiger partial charge in [-0.1, -0.05) is 25.9 Å². The van der Waals surface area contributed by atoms with E-state index in [1.165, 1.54) is 0 Å². The Hall–Kier alpha value is -0.910. The summed E-state index contributed by atoms with van der Waals surface area (Å²) in [6.07, 6.45) is 0. The minimum Gasteiger partial charge on any atom is -0.383 e. The molecule has 0 aromatic carbocycles. The molecule has 110 valence electrons. The Labute approximate surface area is 116 Å². The monoisotopic (exact) mass is 269 g/mol. The minimum atomic E-state index is 0.373. The summed E-state index contributed by atoms with van der Waals surface area (Å²) in [6.45, 7) is 11.7. The predicted octanol–water partition coefficient (Wildman–Crippen LogP) is 2.03. The Morgan fingerprint density at radius 2 is 2.16 bits per heavy atom. The van der Waals surface area contributed by atoms with Crippen molar-refractivity contribution in [1.82, 2.24) is 15.4 Å². The summed E-state index contributed by atoms with van der Waals surface area (Å²) in [5.41, 5.74) is 0.958. The quantitative estimate of drug-likeness (QED) is 0.743. The first-order chi connectivity index (χ1) is 9.06. The van der Waals surface area contributed by atoms with Crippen LogP contribution in [0.4, 0.5) is 0 Å². The van der Waals surface area contributed by atoms with Gasteiger partial charge in [-0.25, -0.2) is 0 Å². The largest absolute Gasteiger partial charge is 0.383 e. The number of nitrogens with zero attached hydrogens (tertiary/aromatic N) is 2. The van der Waals surface area contributed by atoms with E-state index in [2.05, 4.69) is 43.1 Å². The van der Waals surface area contributed by atoms with Crippen molar-refractivity contribution in [3.05, 3.63) is 17.5 Å². The highest BCUT2D eigenvalue weighted by molar-refractivity contribution is 5.05. The van der Waals surface area contributed by atoms with Crippen LogP contribution in [0.5, 0.6) is 0 Å². The summed E-state index contributed by atoms with van der Waals surface area (Å²) >= 11 is 0. The fourth-order valence-corrected chi connectivity index (χ4v) is 1.95. The summed E-state index contributed by atoms with van der Waals surface area (Å²) in [4.78, 5) is 2.31. The van der Waals surface area contributed by atoms with Crippen LogP contribution in [0.3, 0.4) is 0 Å². The van der Waals surface area contributed by atoms with Crippen LogP contribution in [0.15, 0.2) is 10.6 Å². The average Bonchev–Trinajstić information content (AvgIpc) is 2.81. The fourth-order valence-electron chi connectivity index (χ4n) is 1.95. The molecule has 5 heteroatoms. The first-order valence-corrected chi connectivity index (χ1v) is 6.97. The third kappa shape index (κ3) is 5.72. The first-order valence-electron chi connectivity index (χ1n) is 6.97. The Morgan fingerprint density at radius 3 is 2.74 bits per heavy atom. The van der Waals surface area contributed by atoms with Crippen LogP contribution in [-0.2, 0) is 17.8 Å². The molecule has 1 N–H and O–H groups in total. The Kier molecular flexibility index (Phi) is 7.05. The molecule has 0 fully saturated rings. The smallest absolute Gasteiger partial charge is 0.151 e. The molecule has 0 aliphatic heterocycles. The van der Waals surface area contributed by atoms with Crippen molar-refractivity contribution < 1.29 is 9.26 Å². The van der Waals surface area contributed by atoms with Crippen LogP contribution >= 0.6 is 0 Å². The molecule has 5 nitrogen and oxygen atoms in total. The van der Waals surface area contributed by atoms with Gasteiger partial charge < -0.3 is 14.6 Å². The lowest BCUT2D eigenvalue weighted by molar-refractivity contribution is 0.0920. The van der Waals surface area contributed by atoms with Crippen LogP contribution in [0.1, 0.15) is 39.1 Å². The third-order valence-corrected chi connectivity index (χ3v) is 3.10. The molecular weight excluding hydrogens is 242 g/mol. The summed E-state index contributed by atoms with van der Waals surface area (Å²) in [6, 6.07) is 2.85. The summed E-state index contributed by atoms with van der Waals surface area (Å²) < 4.78 is 10.6. The van der Waals surface area contributed by atoms with Gasteiger partial charge in [-0.3, -0.25) is 4.90 Å². The molecular formula is C14H27N3O2. The lowest BCUT2D eigenvalue weighted by Crippen LogP contribution is -2.35. The van der Waals surface area contributed by atoms with Gasteiger partial charge in [0.05, 0.1) is 18.8 Å². The highest BCUT2D eigenvalue weighted by Crippen LogP contribution is 2.10. The van der Waals surface area contributed by atoms with Gasteiger partial charge >= 0.3 is 0 Å². The molecule has 1 aromatic rings. The lowest BCUT2D eigenvalue weighted by Gasteiger charge is -2.25. The van der Waals surface area contributed by atoms with Crippen molar-refractivity contribution in [3.8, 4) is 0 Å². The molecule has 0 spiro atoms. The molecule has 1 heterocycles. The molecule has 0 bridgehead atoms. The lowest BCUT2D eigenvalue weighted by atomic mass is 10.2. The van der Waals surface area contributed by atoms with Crippen LogP contribution < -0.4 is 5.32 Å². The Morgan fingerprint density at radius 1 is 1.42 bits per heavy atom. The molecule has 0 aliphatic carbocycles. The van der Waals surface area contributed by atoms with E-state index in [0.717, 1.165) is 37.7 Å². The number of likely N-dealkylation sites (N-methyl/N-ethyl adjacent to an activating group) is 1. The van der Waals surface area contributed by atoms with Gasteiger partial charge in [0.15, 0.2) is 5.76 Å². The SMILES string of the molecule is CCN(Cc1cc(CNC(C)C)no1)C(C)COC. The molecule has 1 aromatic heterocycles. The second kappa shape index (κ2) is 8.30. The number of aromatic nitrogens is 1. The highest BCUT2D eigenvalue weighted by Gasteiger charge is 2.15. The molecule has 0 aliphatic rings. The fraction of sp³-hybridized carbons (Fsp3) is 0.786. The molecule has 0 saturated carbocycles. The molecule has 0 radical (unpaired) electrons. The minimum absolute atomic E-state index is 0.373. The second-order valence-electron chi connectivity index (χ2n) is 5.19. The summed E-state index contributed by atoms with van der Waals surface area (Å²) in [5.74, 6) is 0.908. The van der Waals surface area contributed by atoms with Gasteiger partial charge in [-0.15, -0.1) is 0 Å². The van der Waals surface area contributed by atoms with E-state index in [9.17, 15) is 0 Å². The molecule has 19 heavy (non-hydrogen) atoms. The molecule has 0 amide bonds. The highest BCUT2D eigenvalue weighted by atomic mass is 16.5. The van der Waals surface area contributed by atoms with Crippen molar-refractivity contribution in [2.75, 3.05) is 20.3 Å². The van der Waals surface area contributed by atoms with Gasteiger partial charge in [0.1, 0.15) is 0 Å². The van der Waals surface area contributed by atoms with Crippen molar-refractivity contribution in [1.29, 1.82) is 0 Å². The van der Waals surface area contributed by atoms with Gasteiger partial charge in [0, 0.05) is 31.8 Å². The van der Waals surface area contributed by atoms with E-state index in [1.54, 1.807) is 7.11 Å². The summed E-state index contributed by atoms with van der Waals surface area (Å²) in [5, 5.41) is 7.41. The first kappa shape index (κ1) is 16.1. The number of rotatable bonds is 9. The van der Waals surface area contributed by atoms with Crippen molar-refractivity contribution in [3.63, 3.8) is 0 Å². The standard InChI is InChI=1S/C14H27N3O2/c1-6-17(12(4)10-18-5)9-14-7-13(16-19-14)8-15-11(2)3/h7,11-12,15H,6,8-10H2,1-5H3. The number of hydrogen-bond donors (Lipinski definition) is 1. The van der Waals surface area contributed by atoms with E-state index >= 15 is 0 Å². The number of hydrogen-bond acceptors (Lipinski definition) is 5. The zero-order valence-corrected chi connectivity index (χ0v) is 12.8. The molecule has 1 unspecified atom stereocenters. The molecule has 0 saturated heterocycles. The van der Waals surface area contributed by atoms with Gasteiger partial charge in [-0.05, 0) is 13.5 Å². The van der Waals surface area contributed by atoms with Gasteiger partial charge in [-0.2, -0.15) is 0 Å². The van der Waals surface area contributed by atoms with E-state index < -0.39 is 0 Å². The second-order valence-corrected chi connectivity index (χ2v) is 5.19. The van der Waals surface area contributed by atoms with E-state index in [0.29, 0.717) is 12.1 Å². The third-order valence-electron chi connectivity index (χ3n) is 3.10. The van der Waals surface area contributed by atoms with E-state index in [4.69, 9.17) is 9.26 Å². The number of methoxy groups -OCH3 is 1. The Bertz CT molecular complexity index is 352. The normalized spacial score (nSPS) is 13.4. The van der Waals surface area contributed by atoms with Crippen LogP contribution in [0.2, 0.25) is 0 Å². The van der Waals surface area contributed by atoms with Gasteiger partial charge in [0.2, 0.25) is 0 Å². The number of nitrogens with one attached hydrogen (secondary N) is 1. The van der Waals surface area contributed by atoms with Crippen LogP contribution in [0.25, 0.3) is 0 Å². The maximum atomic E-state index is 5.39. The molecule has 1 rings (SSSR count). The van der Waals surface area contributed by atoms with E-state index in [-0.39, 0.29) is 0 Å². The van der Waals surface area contributed by atoms with Crippen molar-refractivity contribution in [2.45, 2.75) is 52.9 Å². The number of ether oxygens (including phenoxy) is 1. The summed E-state index contributed by atoms with van der Waals surface area (Å²) in [7, 11) is 1.73.